The molecule has 0 aliphatic heterocycles. The first kappa shape index (κ1) is 62.2. The molecule has 0 aromatic rings. The van der Waals surface area contributed by atoms with E-state index in [0.29, 0.717) is 45.1 Å². The molecule has 0 aromatic heterocycles. The zero-order chi connectivity index (χ0) is 51.1. The Bertz CT molecular complexity index is 1610. The third-order valence-corrected chi connectivity index (χ3v) is 9.85. The van der Waals surface area contributed by atoms with Crippen molar-refractivity contribution < 1.29 is 93.5 Å². The van der Waals surface area contributed by atoms with E-state index in [0.717, 1.165) is 6.42 Å². The van der Waals surface area contributed by atoms with Crippen LogP contribution in [0.15, 0.2) is 0 Å². The molecule has 4 atom stereocenters. The van der Waals surface area contributed by atoms with Gasteiger partial charge in [0.25, 0.3) is 0 Å². The van der Waals surface area contributed by atoms with Crippen molar-refractivity contribution in [1.29, 1.82) is 0 Å². The number of hydrogen-bond acceptors (Lipinski definition) is 15. The molecule has 0 aliphatic rings. The Hall–Kier alpha value is -5.79. The van der Waals surface area contributed by atoms with Crippen molar-refractivity contribution in [2.24, 2.45) is 5.92 Å². The van der Waals surface area contributed by atoms with E-state index in [1.54, 1.807) is 0 Å². The fourth-order valence-electron chi connectivity index (χ4n) is 5.81. The minimum absolute atomic E-state index is 0. The van der Waals surface area contributed by atoms with Gasteiger partial charge in [0.15, 0.2) is 0 Å². The molecule has 0 unspecified atom stereocenters. The van der Waals surface area contributed by atoms with E-state index < -0.39 is 90.5 Å². The maximum Gasteiger partial charge on any atom is 0.326 e. The Kier molecular flexibility index (Phi) is 35.9. The Morgan fingerprint density at radius 1 is 0.412 bits per heavy atom. The Balaban J connectivity index is 0. The number of Topliss-reactive ketones (excluding diaryl/α,β-unsaturated/α-hetero) is 1. The summed E-state index contributed by atoms with van der Waals surface area (Å²) in [6.45, 7) is 3.61. The first-order valence-electron chi connectivity index (χ1n) is 22.7. The van der Waals surface area contributed by atoms with Gasteiger partial charge in [-0.15, -0.1) is 0 Å². The molecular formula is C43H74N6O19. The summed E-state index contributed by atoms with van der Waals surface area (Å²) in [7, 11) is 0. The summed E-state index contributed by atoms with van der Waals surface area (Å²) in [5.74, 6) is -8.23. The lowest BCUT2D eigenvalue weighted by molar-refractivity contribution is -0.144. The molecule has 0 spiro atoms. The standard InChI is InChI=1S/C43H72N6O19.H2/c1-29(30(2)50)9-7-8-18-44-34(51)15-12-32(42(61)62)48-37(54)17-14-33(43(63)64)49-39(56)28-68-26-24-66-22-20-46-38(55)27-67-25-23-65-21-19-45-35(52)16-13-31(41(59)60)47-36(53)10-5-3-4-6-11-40(57)58;/h29,31-33H,3-28H2,1-2H3,(H,44,51)(H,45,52)(H,46,55)(H,47,53)(H,48,54)(H,49,56)(H,57,58)(H,59,60)(H,61,62)(H,63,64);1H/t29-,31-,32-,33-;/m0./s1. The first-order valence-corrected chi connectivity index (χ1v) is 22.7. The number of amides is 6. The highest BCUT2D eigenvalue weighted by Gasteiger charge is 2.25. The number of aliphatic carboxylic acids is 4. The van der Waals surface area contributed by atoms with Gasteiger partial charge in [-0.1, -0.05) is 26.2 Å². The van der Waals surface area contributed by atoms with Crippen molar-refractivity contribution in [1.82, 2.24) is 31.9 Å². The molecular weight excluding hydrogens is 904 g/mol. The number of rotatable bonds is 44. The number of carboxylic acids is 4. The first-order chi connectivity index (χ1) is 32.3. The lowest BCUT2D eigenvalue weighted by Gasteiger charge is -2.17. The fourth-order valence-corrected chi connectivity index (χ4v) is 5.81. The lowest BCUT2D eigenvalue weighted by atomic mass is 10.0. The molecule has 0 radical (unpaired) electrons. The van der Waals surface area contributed by atoms with Crippen LogP contribution in [0.1, 0.15) is 112 Å². The molecule has 25 nitrogen and oxygen atoms in total. The zero-order valence-electron chi connectivity index (χ0n) is 39.1. The van der Waals surface area contributed by atoms with Gasteiger partial charge in [-0.25, -0.2) is 14.4 Å². The van der Waals surface area contributed by atoms with Crippen molar-refractivity contribution in [3.05, 3.63) is 0 Å². The summed E-state index contributed by atoms with van der Waals surface area (Å²) < 4.78 is 21.1. The average molecular weight is 979 g/mol. The topological polar surface area (TPSA) is 378 Å². The molecule has 0 saturated heterocycles. The van der Waals surface area contributed by atoms with Crippen molar-refractivity contribution in [3.63, 3.8) is 0 Å². The van der Waals surface area contributed by atoms with Gasteiger partial charge in [0, 0.05) is 59.1 Å². The molecule has 0 heterocycles. The Morgan fingerprint density at radius 2 is 0.809 bits per heavy atom. The van der Waals surface area contributed by atoms with Gasteiger partial charge < -0.3 is 71.3 Å². The predicted octanol–water partition coefficient (Wildman–Crippen LogP) is -0.483. The second-order valence-electron chi connectivity index (χ2n) is 15.7. The molecule has 0 fully saturated rings. The molecule has 10 N–H and O–H groups in total. The monoisotopic (exact) mass is 979 g/mol. The quantitative estimate of drug-likeness (QED) is 0.0345. The Morgan fingerprint density at radius 3 is 1.28 bits per heavy atom. The average Bonchev–Trinajstić information content (AvgIpc) is 3.27. The normalized spacial score (nSPS) is 12.6. The van der Waals surface area contributed by atoms with Gasteiger partial charge >= 0.3 is 23.9 Å². The van der Waals surface area contributed by atoms with Crippen LogP contribution in [0, 0.1) is 5.92 Å². The maximum atomic E-state index is 12.4. The van der Waals surface area contributed by atoms with Gasteiger partial charge in [-0.3, -0.25) is 38.4 Å². The molecule has 0 saturated carbocycles. The van der Waals surface area contributed by atoms with Crippen LogP contribution in [0.5, 0.6) is 0 Å². The van der Waals surface area contributed by atoms with E-state index in [9.17, 15) is 68.1 Å². The summed E-state index contributed by atoms with van der Waals surface area (Å²) in [4.78, 5) is 130. The van der Waals surface area contributed by atoms with E-state index in [1.165, 1.54) is 6.92 Å². The molecule has 390 valence electrons. The van der Waals surface area contributed by atoms with Crippen molar-refractivity contribution in [2.75, 3.05) is 72.5 Å². The second kappa shape index (κ2) is 39.2. The van der Waals surface area contributed by atoms with E-state index >= 15 is 0 Å². The van der Waals surface area contributed by atoms with Gasteiger partial charge in [-0.2, -0.15) is 0 Å². The minimum atomic E-state index is -1.47. The summed E-state index contributed by atoms with van der Waals surface area (Å²) in [5, 5.41) is 51.7. The minimum Gasteiger partial charge on any atom is -0.481 e. The van der Waals surface area contributed by atoms with Gasteiger partial charge in [-0.05, 0) is 51.9 Å². The van der Waals surface area contributed by atoms with Crippen LogP contribution in [0.2, 0.25) is 0 Å². The van der Waals surface area contributed by atoms with E-state index in [2.05, 4.69) is 31.9 Å². The van der Waals surface area contributed by atoms with E-state index in [1.807, 2.05) is 6.92 Å². The second-order valence-corrected chi connectivity index (χ2v) is 15.7. The lowest BCUT2D eigenvalue weighted by Crippen LogP contribution is -2.45. The third kappa shape index (κ3) is 36.3. The van der Waals surface area contributed by atoms with Crippen molar-refractivity contribution in [2.45, 2.75) is 128 Å². The van der Waals surface area contributed by atoms with Crippen LogP contribution in [-0.2, 0) is 71.7 Å². The van der Waals surface area contributed by atoms with Crippen LogP contribution in [0.4, 0.5) is 0 Å². The number of carbonyl (C=O) groups excluding carboxylic acids is 7. The van der Waals surface area contributed by atoms with Gasteiger partial charge in [0.05, 0.1) is 39.6 Å². The Labute approximate surface area is 396 Å². The number of carboxylic acid groups (broad SMARTS) is 4. The number of carbonyl (C=O) groups is 11. The van der Waals surface area contributed by atoms with Crippen LogP contribution in [0.3, 0.4) is 0 Å². The zero-order valence-corrected chi connectivity index (χ0v) is 39.1. The summed E-state index contributed by atoms with van der Waals surface area (Å²) in [5.41, 5.74) is 0. The highest BCUT2D eigenvalue weighted by Crippen LogP contribution is 2.09. The molecule has 68 heavy (non-hydrogen) atoms. The van der Waals surface area contributed by atoms with Crippen LogP contribution in [-0.4, -0.2) is 176 Å². The maximum absolute atomic E-state index is 12.4. The fraction of sp³-hybridized carbons (Fsp3) is 0.744. The summed E-state index contributed by atoms with van der Waals surface area (Å²) in [6.07, 6.45) is 3.06. The smallest absolute Gasteiger partial charge is 0.326 e. The predicted molar refractivity (Wildman–Crippen MR) is 240 cm³/mol. The third-order valence-electron chi connectivity index (χ3n) is 9.85. The molecule has 0 aromatic carbocycles. The van der Waals surface area contributed by atoms with Crippen LogP contribution in [0.25, 0.3) is 0 Å². The molecule has 6 amide bonds. The highest BCUT2D eigenvalue weighted by atomic mass is 16.5. The van der Waals surface area contributed by atoms with Crippen molar-refractivity contribution in [3.8, 4) is 0 Å². The van der Waals surface area contributed by atoms with E-state index in [4.69, 9.17) is 24.1 Å². The van der Waals surface area contributed by atoms with E-state index in [-0.39, 0.29) is 117 Å². The number of nitrogens with one attached hydrogen (secondary N) is 6. The molecule has 25 heteroatoms. The number of unbranched alkanes of at least 4 members (excludes halogenated alkanes) is 4. The SMILES string of the molecule is CC(=O)[C@@H](C)CCCCNC(=O)CC[C@H](NC(=O)CC[C@H](NC(=O)COCCOCCNC(=O)COCCOCCNC(=O)CC[C@H](NC(=O)CCCCCCC(=O)O)C(=O)O)C(=O)O)C(=O)O.[HH]. The van der Waals surface area contributed by atoms with Crippen LogP contribution < -0.4 is 31.9 Å². The van der Waals surface area contributed by atoms with Gasteiger partial charge in [0.1, 0.15) is 37.1 Å². The van der Waals surface area contributed by atoms with Crippen LogP contribution >= 0.6 is 0 Å². The van der Waals surface area contributed by atoms with Crippen molar-refractivity contribution >= 4 is 65.1 Å². The summed E-state index contributed by atoms with van der Waals surface area (Å²) >= 11 is 0. The highest BCUT2D eigenvalue weighted by molar-refractivity contribution is 5.87. The molecule has 0 bridgehead atoms. The largest absolute Gasteiger partial charge is 0.481 e. The summed E-state index contributed by atoms with van der Waals surface area (Å²) in [6, 6.07) is -4.11. The number of hydrogen-bond donors (Lipinski definition) is 10. The molecule has 0 aliphatic carbocycles. The van der Waals surface area contributed by atoms with Gasteiger partial charge in [0.2, 0.25) is 35.4 Å². The molecule has 0 rings (SSSR count). The number of ether oxygens (including phenoxy) is 4. The number of ketones is 1.